The van der Waals surface area contributed by atoms with Gasteiger partial charge in [0.25, 0.3) is 5.91 Å². The zero-order chi connectivity index (χ0) is 19.5. The third-order valence-corrected chi connectivity index (χ3v) is 6.80. The number of rotatable bonds is 5. The van der Waals surface area contributed by atoms with Crippen LogP contribution in [0.1, 0.15) is 31.7 Å². The highest BCUT2D eigenvalue weighted by atomic mass is 32.1. The molecule has 0 spiro atoms. The van der Waals surface area contributed by atoms with Crippen molar-refractivity contribution in [1.29, 1.82) is 0 Å². The van der Waals surface area contributed by atoms with E-state index < -0.39 is 0 Å². The van der Waals surface area contributed by atoms with Gasteiger partial charge in [0.05, 0.1) is 12.6 Å². The maximum atomic E-state index is 12.7. The van der Waals surface area contributed by atoms with Crippen molar-refractivity contribution in [1.82, 2.24) is 10.2 Å². The maximum absolute atomic E-state index is 12.7. The van der Waals surface area contributed by atoms with Gasteiger partial charge in [0.2, 0.25) is 5.91 Å². The molecule has 7 heteroatoms. The first-order valence-corrected chi connectivity index (χ1v) is 10.9. The van der Waals surface area contributed by atoms with Crippen LogP contribution in [-0.4, -0.2) is 36.9 Å². The molecule has 0 radical (unpaired) electrons. The second-order valence-electron chi connectivity index (χ2n) is 6.64. The molecule has 0 saturated heterocycles. The fourth-order valence-corrected chi connectivity index (χ4v) is 5.33. The SMILES string of the molecule is CNC(=O)c1ccc(NC(=O)CN2CCc3sccc3C2c2cccs2)cc1. The number of anilines is 1. The van der Waals surface area contributed by atoms with Crippen molar-refractivity contribution in [3.63, 3.8) is 0 Å². The Morgan fingerprint density at radius 1 is 1.11 bits per heavy atom. The minimum atomic E-state index is -0.142. The van der Waals surface area contributed by atoms with Crippen LogP contribution in [0.4, 0.5) is 5.69 Å². The second kappa shape index (κ2) is 8.26. The molecule has 2 N–H and O–H groups in total. The van der Waals surface area contributed by atoms with Crippen LogP contribution in [0.15, 0.2) is 53.2 Å². The Hall–Kier alpha value is -2.48. The number of amides is 2. The van der Waals surface area contributed by atoms with Crippen LogP contribution in [0.2, 0.25) is 0 Å². The lowest BCUT2D eigenvalue weighted by molar-refractivity contribution is -0.117. The molecular weight excluding hydrogens is 390 g/mol. The molecule has 0 saturated carbocycles. The van der Waals surface area contributed by atoms with E-state index in [4.69, 9.17) is 0 Å². The monoisotopic (exact) mass is 411 g/mol. The van der Waals surface area contributed by atoms with Gasteiger partial charge in [0.1, 0.15) is 0 Å². The molecule has 28 heavy (non-hydrogen) atoms. The van der Waals surface area contributed by atoms with E-state index in [9.17, 15) is 9.59 Å². The van der Waals surface area contributed by atoms with Gasteiger partial charge in [-0.15, -0.1) is 22.7 Å². The summed E-state index contributed by atoms with van der Waals surface area (Å²) in [6.07, 6.45) is 0.975. The molecule has 3 aromatic rings. The summed E-state index contributed by atoms with van der Waals surface area (Å²) in [4.78, 5) is 29.3. The molecule has 2 aromatic heterocycles. The topological polar surface area (TPSA) is 61.4 Å². The van der Waals surface area contributed by atoms with E-state index in [0.29, 0.717) is 17.8 Å². The first kappa shape index (κ1) is 18.9. The summed E-state index contributed by atoms with van der Waals surface area (Å²) in [7, 11) is 1.60. The van der Waals surface area contributed by atoms with E-state index >= 15 is 0 Å². The number of carbonyl (C=O) groups is 2. The number of carbonyl (C=O) groups excluding carboxylic acids is 2. The molecule has 0 fully saturated rings. The van der Waals surface area contributed by atoms with Gasteiger partial charge < -0.3 is 10.6 Å². The second-order valence-corrected chi connectivity index (χ2v) is 8.62. The van der Waals surface area contributed by atoms with Crippen molar-refractivity contribution in [2.24, 2.45) is 0 Å². The zero-order valence-corrected chi connectivity index (χ0v) is 17.1. The van der Waals surface area contributed by atoms with E-state index in [2.05, 4.69) is 44.5 Å². The van der Waals surface area contributed by atoms with Gasteiger partial charge in [-0.2, -0.15) is 0 Å². The largest absolute Gasteiger partial charge is 0.355 e. The third kappa shape index (κ3) is 3.87. The highest BCUT2D eigenvalue weighted by Crippen LogP contribution is 2.39. The van der Waals surface area contributed by atoms with Gasteiger partial charge in [0.15, 0.2) is 0 Å². The Balaban J connectivity index is 1.47. The molecule has 5 nitrogen and oxygen atoms in total. The summed E-state index contributed by atoms with van der Waals surface area (Å²) >= 11 is 3.53. The van der Waals surface area contributed by atoms with Crippen molar-refractivity contribution < 1.29 is 9.59 Å². The van der Waals surface area contributed by atoms with Crippen LogP contribution in [0.25, 0.3) is 0 Å². The predicted molar refractivity (Wildman–Crippen MR) is 114 cm³/mol. The molecule has 1 unspecified atom stereocenters. The Morgan fingerprint density at radius 2 is 1.93 bits per heavy atom. The Morgan fingerprint density at radius 3 is 2.64 bits per heavy atom. The fraction of sp³-hybridized carbons (Fsp3) is 0.238. The molecule has 0 bridgehead atoms. The molecule has 3 heterocycles. The van der Waals surface area contributed by atoms with Crippen LogP contribution >= 0.6 is 22.7 Å². The zero-order valence-electron chi connectivity index (χ0n) is 15.5. The number of hydrogen-bond donors (Lipinski definition) is 2. The lowest BCUT2D eigenvalue weighted by atomic mass is 9.98. The normalized spacial score (nSPS) is 16.4. The summed E-state index contributed by atoms with van der Waals surface area (Å²) in [5, 5.41) is 9.77. The number of benzene rings is 1. The molecule has 144 valence electrons. The van der Waals surface area contributed by atoms with Crippen LogP contribution in [-0.2, 0) is 11.2 Å². The molecule has 1 aromatic carbocycles. The minimum absolute atomic E-state index is 0.0482. The highest BCUT2D eigenvalue weighted by Gasteiger charge is 2.31. The Bertz CT molecular complexity index is 964. The van der Waals surface area contributed by atoms with Crippen molar-refractivity contribution in [3.8, 4) is 0 Å². The molecular formula is C21H21N3O2S2. The maximum Gasteiger partial charge on any atom is 0.251 e. The lowest BCUT2D eigenvalue weighted by Crippen LogP contribution is -2.40. The van der Waals surface area contributed by atoms with Crippen LogP contribution < -0.4 is 10.6 Å². The van der Waals surface area contributed by atoms with E-state index in [0.717, 1.165) is 13.0 Å². The van der Waals surface area contributed by atoms with Gasteiger partial charge in [-0.3, -0.25) is 14.5 Å². The lowest BCUT2D eigenvalue weighted by Gasteiger charge is -2.34. The Labute approximate surface area is 172 Å². The molecule has 1 atom stereocenters. The smallest absolute Gasteiger partial charge is 0.251 e. The highest BCUT2D eigenvalue weighted by molar-refractivity contribution is 7.10. The summed E-state index contributed by atoms with van der Waals surface area (Å²) in [6.45, 7) is 1.19. The molecule has 2 amide bonds. The first-order chi connectivity index (χ1) is 13.7. The van der Waals surface area contributed by atoms with Crippen molar-refractivity contribution in [3.05, 3.63) is 74.1 Å². The fourth-order valence-electron chi connectivity index (χ4n) is 3.55. The number of nitrogens with one attached hydrogen (secondary N) is 2. The number of nitrogens with zero attached hydrogens (tertiary/aromatic N) is 1. The number of hydrogen-bond acceptors (Lipinski definition) is 5. The van der Waals surface area contributed by atoms with Crippen LogP contribution in [0.3, 0.4) is 0 Å². The Kier molecular flexibility index (Phi) is 5.57. The average molecular weight is 412 g/mol. The summed E-state index contributed by atoms with van der Waals surface area (Å²) in [5.41, 5.74) is 2.58. The van der Waals surface area contributed by atoms with E-state index in [1.807, 2.05) is 0 Å². The van der Waals surface area contributed by atoms with E-state index in [1.54, 1.807) is 54.0 Å². The van der Waals surface area contributed by atoms with Crippen molar-refractivity contribution in [2.45, 2.75) is 12.5 Å². The first-order valence-electron chi connectivity index (χ1n) is 9.11. The number of thiophene rings is 2. The minimum Gasteiger partial charge on any atom is -0.355 e. The summed E-state index contributed by atoms with van der Waals surface area (Å²) < 4.78 is 0. The molecule has 4 rings (SSSR count). The molecule has 0 aliphatic carbocycles. The van der Waals surface area contributed by atoms with Crippen molar-refractivity contribution >= 4 is 40.2 Å². The predicted octanol–water partition coefficient (Wildman–Crippen LogP) is 3.76. The van der Waals surface area contributed by atoms with E-state index in [1.165, 1.54) is 15.3 Å². The van der Waals surface area contributed by atoms with Crippen molar-refractivity contribution in [2.75, 3.05) is 25.5 Å². The van der Waals surface area contributed by atoms with Crippen LogP contribution in [0, 0.1) is 0 Å². The van der Waals surface area contributed by atoms with E-state index in [-0.39, 0.29) is 17.9 Å². The van der Waals surface area contributed by atoms with Gasteiger partial charge in [-0.25, -0.2) is 0 Å². The molecule has 1 aliphatic rings. The summed E-state index contributed by atoms with van der Waals surface area (Å²) in [5.74, 6) is -0.190. The number of fused-ring (bicyclic) bond motifs is 1. The van der Waals surface area contributed by atoms with Crippen LogP contribution in [0.5, 0.6) is 0 Å². The molecule has 1 aliphatic heterocycles. The van der Waals surface area contributed by atoms with Gasteiger partial charge in [-0.1, -0.05) is 6.07 Å². The standard InChI is InChI=1S/C21H21N3O2S2/c1-22-21(26)14-4-6-15(7-5-14)23-19(25)13-24-10-8-17-16(9-12-28-17)20(24)18-3-2-11-27-18/h2-7,9,11-12,20H,8,10,13H2,1H3,(H,22,26)(H,23,25). The van der Waals surface area contributed by atoms with Gasteiger partial charge in [0, 0.05) is 34.6 Å². The van der Waals surface area contributed by atoms with Gasteiger partial charge >= 0.3 is 0 Å². The quantitative estimate of drug-likeness (QED) is 0.672. The van der Waals surface area contributed by atoms with Gasteiger partial charge in [-0.05, 0) is 59.1 Å². The average Bonchev–Trinajstić information content (AvgIpc) is 3.39. The third-order valence-electron chi connectivity index (χ3n) is 4.88. The summed E-state index contributed by atoms with van der Waals surface area (Å²) in [6, 6.07) is 13.5.